The molecule has 3 nitrogen and oxygen atoms in total. The van der Waals surface area contributed by atoms with E-state index in [0.29, 0.717) is 12.1 Å². The second-order valence-electron chi connectivity index (χ2n) is 5.50. The van der Waals surface area contributed by atoms with Crippen molar-refractivity contribution in [2.45, 2.75) is 57.2 Å². The number of hydrogen-bond acceptors (Lipinski definition) is 4. The molecule has 4 heteroatoms. The van der Waals surface area contributed by atoms with Gasteiger partial charge in [-0.05, 0) is 38.6 Å². The first-order valence-electron chi connectivity index (χ1n) is 7.06. The zero-order chi connectivity index (χ0) is 11.7. The maximum absolute atomic E-state index is 4.74. The molecule has 1 N–H and O–H groups in total. The van der Waals surface area contributed by atoms with E-state index < -0.39 is 0 Å². The highest BCUT2D eigenvalue weighted by Gasteiger charge is 2.32. The van der Waals surface area contributed by atoms with Crippen LogP contribution in [0.2, 0.25) is 0 Å². The summed E-state index contributed by atoms with van der Waals surface area (Å²) in [4.78, 5) is 7.42. The van der Waals surface area contributed by atoms with Gasteiger partial charge in [0.1, 0.15) is 0 Å². The molecule has 0 aliphatic carbocycles. The summed E-state index contributed by atoms with van der Waals surface area (Å²) in [5.74, 6) is 1.18. The number of nitrogens with zero attached hydrogens (tertiary/aromatic N) is 2. The van der Waals surface area contributed by atoms with Crippen LogP contribution in [0.1, 0.15) is 39.0 Å². The molecule has 3 aliphatic rings. The van der Waals surface area contributed by atoms with Gasteiger partial charge >= 0.3 is 0 Å². The van der Waals surface area contributed by atoms with Crippen LogP contribution in [-0.4, -0.2) is 47.0 Å². The first-order valence-corrected chi connectivity index (χ1v) is 8.05. The van der Waals surface area contributed by atoms with Crippen LogP contribution in [0, 0.1) is 0 Å². The molecule has 3 rings (SSSR count). The summed E-state index contributed by atoms with van der Waals surface area (Å²) < 4.78 is 0. The molecule has 3 heterocycles. The minimum atomic E-state index is 0.564. The van der Waals surface area contributed by atoms with Crippen LogP contribution in [0.15, 0.2) is 4.99 Å². The summed E-state index contributed by atoms with van der Waals surface area (Å²) in [6, 6.07) is 2.10. The fraction of sp³-hybridized carbons (Fsp3) is 0.923. The van der Waals surface area contributed by atoms with Crippen LogP contribution in [0.25, 0.3) is 0 Å². The molecule has 0 amide bonds. The standard InChI is InChI=1S/C13H23N3S/c1-2-10-9-17-13(14-10)15-11-5-7-16-6-3-4-12(16)8-11/h10-12H,2-9H2,1H3,(H,14,15). The SMILES string of the molecule is CCC1CSC(NC2CCN3CCCC3C2)=N1. The lowest BCUT2D eigenvalue weighted by molar-refractivity contribution is 0.175. The van der Waals surface area contributed by atoms with Crippen LogP contribution < -0.4 is 5.32 Å². The average Bonchev–Trinajstić information content (AvgIpc) is 2.96. The van der Waals surface area contributed by atoms with Crippen molar-refractivity contribution in [2.75, 3.05) is 18.8 Å². The van der Waals surface area contributed by atoms with Crippen molar-refractivity contribution in [1.82, 2.24) is 10.2 Å². The van der Waals surface area contributed by atoms with E-state index in [0.717, 1.165) is 6.04 Å². The van der Waals surface area contributed by atoms with Crippen molar-refractivity contribution < 1.29 is 0 Å². The Morgan fingerprint density at radius 2 is 2.35 bits per heavy atom. The predicted octanol–water partition coefficient (Wildman–Crippen LogP) is 2.08. The van der Waals surface area contributed by atoms with Gasteiger partial charge in [0.2, 0.25) is 0 Å². The Morgan fingerprint density at radius 1 is 1.41 bits per heavy atom. The molecule has 0 aromatic rings. The number of thioether (sulfide) groups is 1. The van der Waals surface area contributed by atoms with Crippen LogP contribution in [0.5, 0.6) is 0 Å². The Labute approximate surface area is 108 Å². The predicted molar refractivity (Wildman–Crippen MR) is 74.7 cm³/mol. The lowest BCUT2D eigenvalue weighted by Crippen LogP contribution is -2.46. The van der Waals surface area contributed by atoms with Gasteiger partial charge in [0.25, 0.3) is 0 Å². The van der Waals surface area contributed by atoms with Gasteiger partial charge in [0.15, 0.2) is 5.17 Å². The number of amidine groups is 1. The van der Waals surface area contributed by atoms with Crippen molar-refractivity contribution in [3.63, 3.8) is 0 Å². The highest BCUT2D eigenvalue weighted by Crippen LogP contribution is 2.28. The monoisotopic (exact) mass is 253 g/mol. The minimum absolute atomic E-state index is 0.564. The van der Waals surface area contributed by atoms with Crippen molar-refractivity contribution >= 4 is 16.9 Å². The molecular formula is C13H23N3S. The van der Waals surface area contributed by atoms with Gasteiger partial charge in [-0.3, -0.25) is 4.99 Å². The van der Waals surface area contributed by atoms with Crippen LogP contribution >= 0.6 is 11.8 Å². The molecule has 3 aliphatic heterocycles. The normalized spacial score (nSPS) is 37.9. The van der Waals surface area contributed by atoms with Gasteiger partial charge < -0.3 is 10.2 Å². The van der Waals surface area contributed by atoms with Crippen molar-refractivity contribution in [3.8, 4) is 0 Å². The summed E-state index contributed by atoms with van der Waals surface area (Å²) in [7, 11) is 0. The Balaban J connectivity index is 1.52. The van der Waals surface area contributed by atoms with Crippen molar-refractivity contribution in [3.05, 3.63) is 0 Å². The molecule has 0 radical (unpaired) electrons. The molecular weight excluding hydrogens is 230 g/mol. The van der Waals surface area contributed by atoms with Gasteiger partial charge in [-0.25, -0.2) is 0 Å². The van der Waals surface area contributed by atoms with E-state index in [-0.39, 0.29) is 0 Å². The zero-order valence-electron chi connectivity index (χ0n) is 10.7. The largest absolute Gasteiger partial charge is 0.362 e. The summed E-state index contributed by atoms with van der Waals surface area (Å²) in [5.41, 5.74) is 0. The van der Waals surface area contributed by atoms with Crippen LogP contribution in [0.4, 0.5) is 0 Å². The average molecular weight is 253 g/mol. The van der Waals surface area contributed by atoms with E-state index in [1.54, 1.807) is 0 Å². The Bertz CT molecular complexity index is 305. The lowest BCUT2D eigenvalue weighted by atomic mass is 9.98. The van der Waals surface area contributed by atoms with Gasteiger partial charge in [0.05, 0.1) is 6.04 Å². The first kappa shape index (κ1) is 11.8. The maximum Gasteiger partial charge on any atom is 0.157 e. The van der Waals surface area contributed by atoms with E-state index in [4.69, 9.17) is 4.99 Å². The van der Waals surface area contributed by atoms with Crippen LogP contribution in [-0.2, 0) is 0 Å². The Hall–Kier alpha value is -0.220. The van der Waals surface area contributed by atoms with Gasteiger partial charge in [-0.15, -0.1) is 0 Å². The molecule has 17 heavy (non-hydrogen) atoms. The fourth-order valence-corrected chi connectivity index (χ4v) is 4.37. The third-order valence-corrected chi connectivity index (χ3v) is 5.38. The number of hydrogen-bond donors (Lipinski definition) is 1. The second-order valence-corrected chi connectivity index (χ2v) is 6.51. The molecule has 3 atom stereocenters. The topological polar surface area (TPSA) is 27.6 Å². The van der Waals surface area contributed by atoms with E-state index >= 15 is 0 Å². The quantitative estimate of drug-likeness (QED) is 0.816. The number of rotatable bonds is 2. The van der Waals surface area contributed by atoms with Gasteiger partial charge in [-0.2, -0.15) is 0 Å². The second kappa shape index (κ2) is 5.19. The third kappa shape index (κ3) is 2.63. The summed E-state index contributed by atoms with van der Waals surface area (Å²) in [6.07, 6.45) is 6.63. The van der Waals surface area contributed by atoms with Crippen molar-refractivity contribution in [2.24, 2.45) is 4.99 Å². The Kier molecular flexibility index (Phi) is 3.61. The summed E-state index contributed by atoms with van der Waals surface area (Å²) >= 11 is 1.92. The van der Waals surface area contributed by atoms with E-state index in [2.05, 4.69) is 17.1 Å². The van der Waals surface area contributed by atoms with Gasteiger partial charge in [0, 0.05) is 24.4 Å². The van der Waals surface area contributed by atoms with Gasteiger partial charge in [-0.1, -0.05) is 18.7 Å². The molecule has 0 aromatic carbocycles. The lowest BCUT2D eigenvalue weighted by Gasteiger charge is -2.35. The van der Waals surface area contributed by atoms with E-state index in [9.17, 15) is 0 Å². The molecule has 3 unspecified atom stereocenters. The molecule has 0 spiro atoms. The third-order valence-electron chi connectivity index (χ3n) is 4.33. The number of fused-ring (bicyclic) bond motifs is 1. The smallest absolute Gasteiger partial charge is 0.157 e. The minimum Gasteiger partial charge on any atom is -0.362 e. The van der Waals surface area contributed by atoms with Crippen molar-refractivity contribution in [1.29, 1.82) is 0 Å². The molecule has 2 saturated heterocycles. The highest BCUT2D eigenvalue weighted by atomic mass is 32.2. The Morgan fingerprint density at radius 3 is 3.18 bits per heavy atom. The number of nitrogens with one attached hydrogen (secondary N) is 1. The summed E-state index contributed by atoms with van der Waals surface area (Å²) in [5, 5.41) is 4.90. The molecule has 2 fully saturated rings. The zero-order valence-corrected chi connectivity index (χ0v) is 11.5. The highest BCUT2D eigenvalue weighted by molar-refractivity contribution is 8.14. The first-order chi connectivity index (χ1) is 8.35. The van der Waals surface area contributed by atoms with Crippen LogP contribution in [0.3, 0.4) is 0 Å². The number of piperidine rings is 1. The van der Waals surface area contributed by atoms with E-state index in [1.165, 1.54) is 56.1 Å². The number of aliphatic imine (C=N–C) groups is 1. The maximum atomic E-state index is 4.74. The molecule has 96 valence electrons. The molecule has 0 bridgehead atoms. The fourth-order valence-electron chi connectivity index (χ4n) is 3.23. The van der Waals surface area contributed by atoms with E-state index in [1.807, 2.05) is 11.8 Å². The summed E-state index contributed by atoms with van der Waals surface area (Å²) in [6.45, 7) is 4.86. The molecule has 0 aromatic heterocycles. The molecule has 0 saturated carbocycles.